The molecule has 0 saturated carbocycles. The molecule has 0 spiro atoms. The van der Waals surface area contributed by atoms with Gasteiger partial charge >= 0.3 is 5.97 Å². The van der Waals surface area contributed by atoms with E-state index >= 15 is 0 Å². The number of aromatic nitrogens is 2. The molecule has 1 saturated heterocycles. The van der Waals surface area contributed by atoms with Crippen LogP contribution >= 0.6 is 0 Å². The molecule has 2 aromatic rings. The van der Waals surface area contributed by atoms with Crippen molar-refractivity contribution < 1.29 is 14.6 Å². The first-order chi connectivity index (χ1) is 9.75. The van der Waals surface area contributed by atoms with Gasteiger partial charge in [0.15, 0.2) is 5.82 Å². The lowest BCUT2D eigenvalue weighted by Gasteiger charge is -2.27. The van der Waals surface area contributed by atoms with E-state index in [1.807, 2.05) is 28.8 Å². The maximum absolute atomic E-state index is 10.8. The molecular weight excluding hydrogens is 258 g/mol. The first-order valence-electron chi connectivity index (χ1n) is 6.46. The van der Waals surface area contributed by atoms with Gasteiger partial charge in [0.1, 0.15) is 5.65 Å². The number of morpholine rings is 1. The van der Waals surface area contributed by atoms with Gasteiger partial charge in [-0.15, -0.1) is 0 Å². The van der Waals surface area contributed by atoms with Crippen LogP contribution in [0.15, 0.2) is 30.5 Å². The molecule has 0 atom stereocenters. The van der Waals surface area contributed by atoms with Crippen LogP contribution in [-0.2, 0) is 9.53 Å². The van der Waals surface area contributed by atoms with Crippen LogP contribution in [0.2, 0.25) is 0 Å². The highest BCUT2D eigenvalue weighted by molar-refractivity contribution is 5.86. The molecule has 3 rings (SSSR count). The minimum absolute atomic E-state index is 0.663. The van der Waals surface area contributed by atoms with Crippen LogP contribution in [0.25, 0.3) is 11.7 Å². The van der Waals surface area contributed by atoms with E-state index in [-0.39, 0.29) is 0 Å². The number of carboxylic acid groups (broad SMARTS) is 1. The van der Waals surface area contributed by atoms with Crippen molar-refractivity contribution >= 4 is 23.5 Å². The van der Waals surface area contributed by atoms with Gasteiger partial charge in [-0.1, -0.05) is 6.07 Å². The van der Waals surface area contributed by atoms with E-state index in [1.54, 1.807) is 6.08 Å². The molecule has 6 nitrogen and oxygen atoms in total. The summed E-state index contributed by atoms with van der Waals surface area (Å²) >= 11 is 0. The molecule has 0 amide bonds. The summed E-state index contributed by atoms with van der Waals surface area (Å²) in [6, 6.07) is 5.72. The third-order valence-corrected chi connectivity index (χ3v) is 3.24. The fourth-order valence-corrected chi connectivity index (χ4v) is 2.32. The molecule has 3 heterocycles. The van der Waals surface area contributed by atoms with E-state index in [0.717, 1.165) is 36.3 Å². The average Bonchev–Trinajstić information content (AvgIpc) is 2.84. The summed E-state index contributed by atoms with van der Waals surface area (Å²) < 4.78 is 7.24. The Morgan fingerprint density at radius 3 is 2.90 bits per heavy atom. The largest absolute Gasteiger partial charge is 0.478 e. The van der Waals surface area contributed by atoms with Crippen LogP contribution in [0.1, 0.15) is 5.69 Å². The molecule has 6 heteroatoms. The fraction of sp³-hybridized carbons (Fsp3) is 0.286. The Bertz CT molecular complexity index is 657. The van der Waals surface area contributed by atoms with Crippen molar-refractivity contribution in [3.8, 4) is 0 Å². The predicted octanol–water partition coefficient (Wildman–Crippen LogP) is 1.27. The topological polar surface area (TPSA) is 67.1 Å². The zero-order chi connectivity index (χ0) is 13.9. The van der Waals surface area contributed by atoms with Crippen molar-refractivity contribution in [1.29, 1.82) is 0 Å². The number of aliphatic carboxylic acids is 1. The molecule has 1 aliphatic rings. The van der Waals surface area contributed by atoms with Gasteiger partial charge in [-0.2, -0.15) is 0 Å². The number of hydrogen-bond acceptors (Lipinski definition) is 4. The summed E-state index contributed by atoms with van der Waals surface area (Å²) in [7, 11) is 0. The number of carboxylic acids is 1. The summed E-state index contributed by atoms with van der Waals surface area (Å²) in [4.78, 5) is 17.5. The zero-order valence-electron chi connectivity index (χ0n) is 10.9. The second kappa shape index (κ2) is 5.34. The molecular formula is C14H15N3O3. The number of nitrogens with zero attached hydrogens (tertiary/aromatic N) is 3. The number of fused-ring (bicyclic) bond motifs is 1. The average molecular weight is 273 g/mol. The molecule has 0 radical (unpaired) electrons. The van der Waals surface area contributed by atoms with Gasteiger partial charge in [-0.3, -0.25) is 4.40 Å². The lowest BCUT2D eigenvalue weighted by molar-refractivity contribution is -0.131. The van der Waals surface area contributed by atoms with E-state index in [2.05, 4.69) is 9.88 Å². The summed E-state index contributed by atoms with van der Waals surface area (Å²) in [6.07, 6.45) is 4.61. The number of rotatable bonds is 3. The van der Waals surface area contributed by atoms with E-state index < -0.39 is 5.97 Å². The summed E-state index contributed by atoms with van der Waals surface area (Å²) in [5, 5.41) is 8.84. The van der Waals surface area contributed by atoms with Gasteiger partial charge in [-0.25, -0.2) is 9.78 Å². The van der Waals surface area contributed by atoms with Crippen molar-refractivity contribution in [3.05, 3.63) is 36.2 Å². The molecule has 0 unspecified atom stereocenters. The third-order valence-electron chi connectivity index (χ3n) is 3.24. The number of pyridine rings is 1. The van der Waals surface area contributed by atoms with Crippen LogP contribution in [-0.4, -0.2) is 46.8 Å². The Hall–Kier alpha value is -2.34. The Labute approximate surface area is 115 Å². The van der Waals surface area contributed by atoms with Crippen molar-refractivity contribution in [2.24, 2.45) is 0 Å². The molecule has 0 aromatic carbocycles. The quantitative estimate of drug-likeness (QED) is 0.853. The monoisotopic (exact) mass is 273 g/mol. The SMILES string of the molecule is O=C(O)/C=C/c1c(N2CCOCC2)nc2ccccn12. The second-order valence-corrected chi connectivity index (χ2v) is 4.52. The predicted molar refractivity (Wildman–Crippen MR) is 74.9 cm³/mol. The lowest BCUT2D eigenvalue weighted by atomic mass is 10.3. The first kappa shape index (κ1) is 12.7. The Morgan fingerprint density at radius 2 is 2.15 bits per heavy atom. The van der Waals surface area contributed by atoms with Gasteiger partial charge < -0.3 is 14.7 Å². The molecule has 0 aliphatic carbocycles. The molecule has 104 valence electrons. The van der Waals surface area contributed by atoms with Crippen LogP contribution < -0.4 is 4.90 Å². The Kier molecular flexibility index (Phi) is 3.39. The first-order valence-corrected chi connectivity index (χ1v) is 6.46. The van der Waals surface area contributed by atoms with Crippen molar-refractivity contribution in [2.45, 2.75) is 0 Å². The third kappa shape index (κ3) is 2.37. The normalized spacial score (nSPS) is 16.1. The minimum atomic E-state index is -0.969. The summed E-state index contributed by atoms with van der Waals surface area (Å²) in [5.74, 6) is -0.166. The molecule has 20 heavy (non-hydrogen) atoms. The number of imidazole rings is 1. The van der Waals surface area contributed by atoms with Gasteiger partial charge in [-0.05, 0) is 18.2 Å². The Morgan fingerprint density at radius 1 is 1.35 bits per heavy atom. The summed E-state index contributed by atoms with van der Waals surface area (Å²) in [6.45, 7) is 2.85. The lowest BCUT2D eigenvalue weighted by Crippen LogP contribution is -2.36. The van der Waals surface area contributed by atoms with Crippen LogP contribution in [0.5, 0.6) is 0 Å². The number of carbonyl (C=O) groups is 1. The highest BCUT2D eigenvalue weighted by Crippen LogP contribution is 2.23. The van der Waals surface area contributed by atoms with Crippen LogP contribution in [0, 0.1) is 0 Å². The van der Waals surface area contributed by atoms with Crippen molar-refractivity contribution in [3.63, 3.8) is 0 Å². The molecule has 0 bridgehead atoms. The van der Waals surface area contributed by atoms with Gasteiger partial charge in [0, 0.05) is 25.4 Å². The van der Waals surface area contributed by atoms with E-state index in [4.69, 9.17) is 9.84 Å². The Balaban J connectivity index is 2.09. The standard InChI is InChI=1S/C14H15N3O3/c18-13(19)5-4-11-14(16-7-9-20-10-8-16)15-12-3-1-2-6-17(11)12/h1-6H,7-10H2,(H,18,19)/b5-4+. The zero-order valence-corrected chi connectivity index (χ0v) is 10.9. The second-order valence-electron chi connectivity index (χ2n) is 4.52. The molecule has 1 aliphatic heterocycles. The maximum Gasteiger partial charge on any atom is 0.328 e. The number of anilines is 1. The highest BCUT2D eigenvalue weighted by Gasteiger charge is 2.18. The molecule has 2 aromatic heterocycles. The minimum Gasteiger partial charge on any atom is -0.478 e. The van der Waals surface area contributed by atoms with E-state index in [1.165, 1.54) is 0 Å². The van der Waals surface area contributed by atoms with E-state index in [0.29, 0.717) is 13.2 Å². The van der Waals surface area contributed by atoms with Crippen LogP contribution in [0.4, 0.5) is 5.82 Å². The summed E-state index contributed by atoms with van der Waals surface area (Å²) in [5.41, 5.74) is 1.59. The molecule has 1 fully saturated rings. The number of hydrogen-bond donors (Lipinski definition) is 1. The van der Waals surface area contributed by atoms with Crippen LogP contribution in [0.3, 0.4) is 0 Å². The van der Waals surface area contributed by atoms with Crippen molar-refractivity contribution in [2.75, 3.05) is 31.2 Å². The number of ether oxygens (including phenoxy) is 1. The van der Waals surface area contributed by atoms with Gasteiger partial charge in [0.2, 0.25) is 0 Å². The molecule has 1 N–H and O–H groups in total. The van der Waals surface area contributed by atoms with Crippen molar-refractivity contribution in [1.82, 2.24) is 9.38 Å². The fourth-order valence-electron chi connectivity index (χ4n) is 2.32. The van der Waals surface area contributed by atoms with E-state index in [9.17, 15) is 4.79 Å². The van der Waals surface area contributed by atoms with Gasteiger partial charge in [0.25, 0.3) is 0 Å². The van der Waals surface area contributed by atoms with Gasteiger partial charge in [0.05, 0.1) is 18.9 Å². The maximum atomic E-state index is 10.8. The smallest absolute Gasteiger partial charge is 0.328 e. The highest BCUT2D eigenvalue weighted by atomic mass is 16.5.